The molecule has 0 amide bonds. The van der Waals surface area contributed by atoms with Gasteiger partial charge in [-0.05, 0) is 12.1 Å². The van der Waals surface area contributed by atoms with Crippen LogP contribution in [0, 0.1) is 0 Å². The predicted molar refractivity (Wildman–Crippen MR) is 99.3 cm³/mol. The fraction of sp³-hybridized carbons (Fsp3) is 0.412. The van der Waals surface area contributed by atoms with Crippen molar-refractivity contribution in [3.05, 3.63) is 34.3 Å². The molecule has 0 aliphatic heterocycles. The maximum absolute atomic E-state index is 5.95. The van der Waals surface area contributed by atoms with Gasteiger partial charge >= 0.3 is 0 Å². The first-order valence-corrected chi connectivity index (χ1v) is 8.45. The van der Waals surface area contributed by atoms with Gasteiger partial charge in [-0.3, -0.25) is 0 Å². The minimum atomic E-state index is 0.0517. The van der Waals surface area contributed by atoms with Gasteiger partial charge in [-0.2, -0.15) is 0 Å². The molecule has 0 atom stereocenters. The van der Waals surface area contributed by atoms with Crippen LogP contribution >= 0.6 is 11.3 Å². The zero-order chi connectivity index (χ0) is 17.7. The highest BCUT2D eigenvalue weighted by Crippen LogP contribution is 2.29. The van der Waals surface area contributed by atoms with E-state index in [-0.39, 0.29) is 5.41 Å². The number of methoxy groups -OCH3 is 2. The molecule has 0 aliphatic carbocycles. The lowest BCUT2D eigenvalue weighted by Crippen LogP contribution is -2.22. The van der Waals surface area contributed by atoms with Gasteiger partial charge in [-0.15, -0.1) is 11.3 Å². The van der Waals surface area contributed by atoms with Gasteiger partial charge in [-0.1, -0.05) is 20.8 Å². The molecular formula is C17H24N4O2S. The van der Waals surface area contributed by atoms with E-state index in [1.807, 2.05) is 23.6 Å². The number of guanidine groups is 1. The molecule has 1 heterocycles. The van der Waals surface area contributed by atoms with Crippen LogP contribution in [0.25, 0.3) is 0 Å². The second-order valence-electron chi connectivity index (χ2n) is 6.29. The lowest BCUT2D eigenvalue weighted by atomic mass is 9.98. The number of nitrogens with zero attached hydrogens (tertiary/aromatic N) is 2. The molecule has 0 bridgehead atoms. The first-order chi connectivity index (χ1) is 11.3. The number of nitrogens with two attached hydrogens (primary N) is 1. The van der Waals surface area contributed by atoms with Gasteiger partial charge in [0, 0.05) is 22.5 Å². The van der Waals surface area contributed by atoms with E-state index >= 15 is 0 Å². The topological polar surface area (TPSA) is 81.8 Å². The van der Waals surface area contributed by atoms with Crippen molar-refractivity contribution in [3.8, 4) is 11.5 Å². The third-order valence-corrected chi connectivity index (χ3v) is 4.58. The quantitative estimate of drug-likeness (QED) is 0.639. The van der Waals surface area contributed by atoms with E-state index in [2.05, 4.69) is 36.1 Å². The number of hydrogen-bond acceptors (Lipinski definition) is 5. The number of benzene rings is 1. The van der Waals surface area contributed by atoms with E-state index < -0.39 is 0 Å². The SMILES string of the molecule is COc1ccc(NC(N)=NCc2csc(C(C)(C)C)n2)cc1OC. The van der Waals surface area contributed by atoms with Crippen molar-refractivity contribution < 1.29 is 9.47 Å². The summed E-state index contributed by atoms with van der Waals surface area (Å²) in [6.45, 7) is 6.88. The minimum absolute atomic E-state index is 0.0517. The highest BCUT2D eigenvalue weighted by molar-refractivity contribution is 7.09. The van der Waals surface area contributed by atoms with Crippen LogP contribution in [0.5, 0.6) is 11.5 Å². The largest absolute Gasteiger partial charge is 0.493 e. The smallest absolute Gasteiger partial charge is 0.193 e. The standard InChI is InChI=1S/C17H24N4O2S/c1-17(2,3)15-20-12(10-24-15)9-19-16(18)21-11-6-7-13(22-4)14(8-11)23-5/h6-8,10H,9H2,1-5H3,(H3,18,19,21). The molecule has 0 saturated carbocycles. The van der Waals surface area contributed by atoms with Crippen LogP contribution < -0.4 is 20.5 Å². The van der Waals surface area contributed by atoms with E-state index in [9.17, 15) is 0 Å². The van der Waals surface area contributed by atoms with Crippen LogP contribution in [0.4, 0.5) is 5.69 Å². The molecule has 0 saturated heterocycles. The number of nitrogens with one attached hydrogen (secondary N) is 1. The molecule has 0 spiro atoms. The predicted octanol–water partition coefficient (Wildman–Crippen LogP) is 3.38. The molecule has 3 N–H and O–H groups in total. The molecule has 130 valence electrons. The van der Waals surface area contributed by atoms with Crippen molar-refractivity contribution in [3.63, 3.8) is 0 Å². The Bertz CT molecular complexity index is 720. The molecule has 0 fully saturated rings. The van der Waals surface area contributed by atoms with E-state index in [0.29, 0.717) is 24.0 Å². The molecule has 1 aromatic carbocycles. The Kier molecular flexibility index (Phi) is 5.66. The van der Waals surface area contributed by atoms with Crippen LogP contribution in [0.3, 0.4) is 0 Å². The Morgan fingerprint density at radius 3 is 2.54 bits per heavy atom. The minimum Gasteiger partial charge on any atom is -0.493 e. The molecule has 24 heavy (non-hydrogen) atoms. The van der Waals surface area contributed by atoms with Crippen molar-refractivity contribution in [2.24, 2.45) is 10.7 Å². The number of anilines is 1. The molecule has 2 aromatic rings. The molecule has 6 nitrogen and oxygen atoms in total. The van der Waals surface area contributed by atoms with Crippen molar-refractivity contribution in [1.29, 1.82) is 0 Å². The highest BCUT2D eigenvalue weighted by Gasteiger charge is 2.17. The zero-order valence-electron chi connectivity index (χ0n) is 14.7. The van der Waals surface area contributed by atoms with Gasteiger partial charge in [-0.25, -0.2) is 9.98 Å². The number of thiazole rings is 1. The summed E-state index contributed by atoms with van der Waals surface area (Å²) in [5.74, 6) is 1.62. The summed E-state index contributed by atoms with van der Waals surface area (Å²) in [6.07, 6.45) is 0. The van der Waals surface area contributed by atoms with Gasteiger partial charge in [0.1, 0.15) is 0 Å². The molecule has 7 heteroatoms. The van der Waals surface area contributed by atoms with Crippen molar-refractivity contribution in [1.82, 2.24) is 4.98 Å². The Hall–Kier alpha value is -2.28. The van der Waals surface area contributed by atoms with Gasteiger partial charge in [0.15, 0.2) is 17.5 Å². The maximum atomic E-state index is 5.95. The van der Waals surface area contributed by atoms with Crippen molar-refractivity contribution in [2.45, 2.75) is 32.7 Å². The second-order valence-corrected chi connectivity index (χ2v) is 7.15. The summed E-state index contributed by atoms with van der Waals surface area (Å²) in [4.78, 5) is 8.94. The summed E-state index contributed by atoms with van der Waals surface area (Å²) in [5, 5.41) is 6.16. The second kappa shape index (κ2) is 7.53. The molecule has 0 aliphatic rings. The Labute approximate surface area is 146 Å². The Morgan fingerprint density at radius 2 is 1.96 bits per heavy atom. The first kappa shape index (κ1) is 18.1. The third-order valence-electron chi connectivity index (χ3n) is 3.26. The van der Waals surface area contributed by atoms with Crippen LogP contribution in [0.1, 0.15) is 31.5 Å². The van der Waals surface area contributed by atoms with Gasteiger partial charge < -0.3 is 20.5 Å². The average Bonchev–Trinajstić information content (AvgIpc) is 3.02. The average molecular weight is 348 g/mol. The number of rotatable bonds is 5. The van der Waals surface area contributed by atoms with Crippen molar-refractivity contribution >= 4 is 23.0 Å². The lowest BCUT2D eigenvalue weighted by Gasteiger charge is -2.13. The first-order valence-electron chi connectivity index (χ1n) is 7.57. The van der Waals surface area contributed by atoms with Crippen LogP contribution in [-0.4, -0.2) is 25.2 Å². The lowest BCUT2D eigenvalue weighted by molar-refractivity contribution is 0.355. The number of ether oxygens (including phenoxy) is 2. The Morgan fingerprint density at radius 1 is 1.25 bits per heavy atom. The fourth-order valence-electron chi connectivity index (χ4n) is 1.99. The van der Waals surface area contributed by atoms with Gasteiger partial charge in [0.25, 0.3) is 0 Å². The van der Waals surface area contributed by atoms with Gasteiger partial charge in [0.2, 0.25) is 0 Å². The third kappa shape index (κ3) is 4.61. The van der Waals surface area contributed by atoms with E-state index in [1.54, 1.807) is 25.6 Å². The summed E-state index contributed by atoms with van der Waals surface area (Å²) in [5.41, 5.74) is 7.70. The summed E-state index contributed by atoms with van der Waals surface area (Å²) in [6, 6.07) is 5.47. The monoisotopic (exact) mass is 348 g/mol. The number of aliphatic imine (C=N–C) groups is 1. The molecule has 0 radical (unpaired) electrons. The molecular weight excluding hydrogens is 324 g/mol. The molecule has 1 aromatic heterocycles. The maximum Gasteiger partial charge on any atom is 0.193 e. The highest BCUT2D eigenvalue weighted by atomic mass is 32.1. The summed E-state index contributed by atoms with van der Waals surface area (Å²) in [7, 11) is 3.19. The van der Waals surface area contributed by atoms with E-state index in [4.69, 9.17) is 15.2 Å². The van der Waals surface area contributed by atoms with Crippen molar-refractivity contribution in [2.75, 3.05) is 19.5 Å². The number of aromatic nitrogens is 1. The Balaban J connectivity index is 2.03. The molecule has 0 unspecified atom stereocenters. The van der Waals surface area contributed by atoms with Gasteiger partial charge in [0.05, 0.1) is 31.5 Å². The summed E-state index contributed by atoms with van der Waals surface area (Å²) < 4.78 is 10.5. The van der Waals surface area contributed by atoms with E-state index in [0.717, 1.165) is 16.4 Å². The number of hydrogen-bond donors (Lipinski definition) is 2. The normalized spacial score (nSPS) is 12.1. The summed E-state index contributed by atoms with van der Waals surface area (Å²) >= 11 is 1.65. The fourth-order valence-corrected chi connectivity index (χ4v) is 2.89. The van der Waals surface area contributed by atoms with Crippen LogP contribution in [0.15, 0.2) is 28.6 Å². The van der Waals surface area contributed by atoms with Crippen LogP contribution in [-0.2, 0) is 12.0 Å². The molecule has 2 rings (SSSR count). The van der Waals surface area contributed by atoms with E-state index in [1.165, 1.54) is 0 Å². The van der Waals surface area contributed by atoms with Crippen LogP contribution in [0.2, 0.25) is 0 Å². The zero-order valence-corrected chi connectivity index (χ0v) is 15.5.